The van der Waals surface area contributed by atoms with Gasteiger partial charge in [0, 0.05) is 18.6 Å². The third-order valence-corrected chi connectivity index (χ3v) is 7.59. The molecule has 3 aromatic rings. The summed E-state index contributed by atoms with van der Waals surface area (Å²) in [4.78, 5) is 34.6. The van der Waals surface area contributed by atoms with Gasteiger partial charge in [-0.1, -0.05) is 56.2 Å². The van der Waals surface area contributed by atoms with Gasteiger partial charge in [0.15, 0.2) is 0 Å². The molecule has 0 N–H and O–H groups in total. The van der Waals surface area contributed by atoms with Crippen LogP contribution in [-0.2, 0) is 9.59 Å². The largest absolute Gasteiger partial charge is 0.302 e. The molecule has 5 nitrogen and oxygen atoms in total. The van der Waals surface area contributed by atoms with Crippen LogP contribution in [0.1, 0.15) is 74.1 Å². The van der Waals surface area contributed by atoms with Crippen LogP contribution < -0.4 is 4.90 Å². The number of carbonyl (C=O) groups excluding carboxylic acids is 2. The SMILES string of the molecule is CCCCCC(=O)N1c2ccccc2N=C2C[C@H](c3ccc(F)cc3)CC(=O)[C@@H]2[C@H]1c1ccc(C#N)cc1. The fourth-order valence-corrected chi connectivity index (χ4v) is 5.70. The highest BCUT2D eigenvalue weighted by Crippen LogP contribution is 2.47. The van der Waals surface area contributed by atoms with Gasteiger partial charge in [-0.15, -0.1) is 0 Å². The predicted octanol–water partition coefficient (Wildman–Crippen LogP) is 7.20. The van der Waals surface area contributed by atoms with Crippen molar-refractivity contribution in [2.75, 3.05) is 4.90 Å². The fraction of sp³-hybridized carbons (Fsp3) is 0.312. The van der Waals surface area contributed by atoms with E-state index in [9.17, 15) is 19.2 Å². The molecule has 5 rings (SSSR count). The van der Waals surface area contributed by atoms with Crippen LogP contribution in [0.3, 0.4) is 0 Å². The van der Waals surface area contributed by atoms with Crippen molar-refractivity contribution in [1.82, 2.24) is 0 Å². The van der Waals surface area contributed by atoms with Crippen molar-refractivity contribution in [2.45, 2.75) is 57.4 Å². The van der Waals surface area contributed by atoms with E-state index in [0.717, 1.165) is 36.1 Å². The molecule has 0 spiro atoms. The lowest BCUT2D eigenvalue weighted by atomic mass is 9.72. The molecule has 1 amide bonds. The minimum Gasteiger partial charge on any atom is -0.302 e. The van der Waals surface area contributed by atoms with Gasteiger partial charge in [-0.05, 0) is 66.3 Å². The lowest BCUT2D eigenvalue weighted by molar-refractivity contribution is -0.123. The van der Waals surface area contributed by atoms with Gasteiger partial charge in [0.2, 0.25) is 5.91 Å². The number of halogens is 1. The van der Waals surface area contributed by atoms with Crippen LogP contribution in [0.5, 0.6) is 0 Å². The molecule has 6 heteroatoms. The molecule has 0 unspecified atom stereocenters. The number of nitrogens with zero attached hydrogens (tertiary/aromatic N) is 3. The van der Waals surface area contributed by atoms with E-state index in [4.69, 9.17) is 4.99 Å². The third-order valence-electron chi connectivity index (χ3n) is 7.59. The van der Waals surface area contributed by atoms with Crippen LogP contribution in [0.15, 0.2) is 77.8 Å². The van der Waals surface area contributed by atoms with Crippen LogP contribution in [0, 0.1) is 23.1 Å². The van der Waals surface area contributed by atoms with Crippen molar-refractivity contribution in [3.05, 3.63) is 95.3 Å². The Balaban J connectivity index is 1.63. The summed E-state index contributed by atoms with van der Waals surface area (Å²) in [5, 5.41) is 9.35. The Kier molecular flexibility index (Phi) is 7.46. The number of hydrogen-bond acceptors (Lipinski definition) is 4. The number of fused-ring (bicyclic) bond motifs is 2. The Morgan fingerprint density at radius 2 is 1.71 bits per heavy atom. The van der Waals surface area contributed by atoms with E-state index < -0.39 is 12.0 Å². The average molecular weight is 508 g/mol. The second-order valence-corrected chi connectivity index (χ2v) is 10.1. The topological polar surface area (TPSA) is 73.5 Å². The molecule has 1 aliphatic heterocycles. The first kappa shape index (κ1) is 25.5. The quantitative estimate of drug-likeness (QED) is 0.331. The zero-order valence-electron chi connectivity index (χ0n) is 21.4. The fourth-order valence-electron chi connectivity index (χ4n) is 5.70. The highest BCUT2D eigenvalue weighted by molar-refractivity contribution is 6.13. The van der Waals surface area contributed by atoms with E-state index in [1.54, 1.807) is 29.2 Å². The summed E-state index contributed by atoms with van der Waals surface area (Å²) in [7, 11) is 0. The minimum absolute atomic E-state index is 0.0119. The first-order chi connectivity index (χ1) is 18.5. The standard InChI is InChI=1S/C32H30FN3O2/c1-2-3-4-9-30(38)36-28-8-6-5-7-26(28)35-27-18-24(22-14-16-25(33)17-15-22)19-29(37)31(27)32(36)23-12-10-21(20-34)11-13-23/h5-8,10-17,24,31-32H,2-4,9,18-19H2,1H3/t24-,31+,32+/m0/s1. The molecule has 0 saturated heterocycles. The number of unbranched alkanes of at least 4 members (excludes halogenated alkanes) is 2. The van der Waals surface area contributed by atoms with E-state index in [1.807, 2.05) is 36.4 Å². The molecule has 1 aliphatic carbocycles. The van der Waals surface area contributed by atoms with Crippen molar-refractivity contribution in [1.29, 1.82) is 5.26 Å². The molecule has 0 radical (unpaired) electrons. The van der Waals surface area contributed by atoms with Crippen molar-refractivity contribution in [3.63, 3.8) is 0 Å². The van der Waals surface area contributed by atoms with Gasteiger partial charge in [-0.3, -0.25) is 14.6 Å². The number of rotatable bonds is 6. The maximum atomic E-state index is 14.0. The number of anilines is 1. The first-order valence-electron chi connectivity index (χ1n) is 13.3. The van der Waals surface area contributed by atoms with Crippen molar-refractivity contribution in [2.24, 2.45) is 10.9 Å². The van der Waals surface area contributed by atoms with Gasteiger partial charge in [-0.25, -0.2) is 4.39 Å². The van der Waals surface area contributed by atoms with Crippen LogP contribution in [0.25, 0.3) is 0 Å². The molecule has 0 aromatic heterocycles. The Labute approximate surface area is 222 Å². The molecule has 1 saturated carbocycles. The van der Waals surface area contributed by atoms with E-state index in [1.165, 1.54) is 12.1 Å². The number of amides is 1. The molecule has 38 heavy (non-hydrogen) atoms. The number of para-hydroxylation sites is 2. The van der Waals surface area contributed by atoms with Crippen LogP contribution in [0.4, 0.5) is 15.8 Å². The van der Waals surface area contributed by atoms with E-state index in [2.05, 4.69) is 13.0 Å². The number of hydrogen-bond donors (Lipinski definition) is 0. The lowest BCUT2D eigenvalue weighted by Crippen LogP contribution is -2.45. The zero-order chi connectivity index (χ0) is 26.6. The number of ketones is 1. The van der Waals surface area contributed by atoms with Crippen LogP contribution in [0.2, 0.25) is 0 Å². The second-order valence-electron chi connectivity index (χ2n) is 10.1. The molecule has 3 aromatic carbocycles. The first-order valence-corrected chi connectivity index (χ1v) is 13.3. The minimum atomic E-state index is -0.609. The summed E-state index contributed by atoms with van der Waals surface area (Å²) in [5.74, 6) is -1.06. The predicted molar refractivity (Wildman–Crippen MR) is 146 cm³/mol. The summed E-state index contributed by atoms with van der Waals surface area (Å²) in [5.41, 5.74) is 4.32. The molecular formula is C32H30FN3O2. The molecule has 1 fully saturated rings. The number of aliphatic imine (C=N–C) groups is 1. The number of nitriles is 1. The summed E-state index contributed by atoms with van der Waals surface area (Å²) in [6.45, 7) is 2.10. The highest BCUT2D eigenvalue weighted by atomic mass is 19.1. The number of carbonyl (C=O) groups is 2. The Morgan fingerprint density at radius 3 is 2.42 bits per heavy atom. The van der Waals surface area contributed by atoms with Gasteiger partial charge in [0.05, 0.1) is 35.0 Å². The highest BCUT2D eigenvalue weighted by Gasteiger charge is 2.46. The maximum Gasteiger partial charge on any atom is 0.227 e. The van der Waals surface area contributed by atoms with Crippen molar-refractivity contribution < 1.29 is 14.0 Å². The number of Topliss-reactive ketones (excluding diaryl/α,β-unsaturated/α-hetero) is 1. The van der Waals surface area contributed by atoms with Crippen molar-refractivity contribution >= 4 is 28.8 Å². The molecule has 3 atom stereocenters. The summed E-state index contributed by atoms with van der Waals surface area (Å²) in [6, 6.07) is 22.6. The molecule has 0 bridgehead atoms. The monoisotopic (exact) mass is 507 g/mol. The van der Waals surface area contributed by atoms with Crippen LogP contribution in [-0.4, -0.2) is 17.4 Å². The average Bonchev–Trinajstić information content (AvgIpc) is 3.08. The maximum absolute atomic E-state index is 14.0. The Morgan fingerprint density at radius 1 is 1.00 bits per heavy atom. The zero-order valence-corrected chi connectivity index (χ0v) is 21.4. The molecular weight excluding hydrogens is 477 g/mol. The normalized spacial score (nSPS) is 20.6. The van der Waals surface area contributed by atoms with E-state index >= 15 is 0 Å². The summed E-state index contributed by atoms with van der Waals surface area (Å²) >= 11 is 0. The summed E-state index contributed by atoms with van der Waals surface area (Å²) in [6.07, 6.45) is 3.93. The van der Waals surface area contributed by atoms with Crippen LogP contribution >= 0.6 is 0 Å². The lowest BCUT2D eigenvalue weighted by Gasteiger charge is -2.39. The Bertz CT molecular complexity index is 1410. The van der Waals surface area contributed by atoms with E-state index in [-0.39, 0.29) is 29.8 Å². The van der Waals surface area contributed by atoms with Gasteiger partial charge >= 0.3 is 0 Å². The number of benzene rings is 3. The van der Waals surface area contributed by atoms with E-state index in [0.29, 0.717) is 29.8 Å². The smallest absolute Gasteiger partial charge is 0.227 e. The van der Waals surface area contributed by atoms with Crippen molar-refractivity contribution in [3.8, 4) is 6.07 Å². The molecule has 192 valence electrons. The van der Waals surface area contributed by atoms with Gasteiger partial charge < -0.3 is 4.90 Å². The second kappa shape index (κ2) is 11.1. The Hall–Kier alpha value is -4.11. The van der Waals surface area contributed by atoms with Gasteiger partial charge in [0.25, 0.3) is 0 Å². The molecule has 2 aliphatic rings. The van der Waals surface area contributed by atoms with Gasteiger partial charge in [0.1, 0.15) is 11.6 Å². The third kappa shape index (κ3) is 5.02. The van der Waals surface area contributed by atoms with Gasteiger partial charge in [-0.2, -0.15) is 5.26 Å². The molecule has 1 heterocycles. The summed E-state index contributed by atoms with van der Waals surface area (Å²) < 4.78 is 13.6.